The maximum absolute atomic E-state index is 12.6. The second-order valence-electron chi connectivity index (χ2n) is 9.22. The van der Waals surface area contributed by atoms with E-state index < -0.39 is 0 Å². The lowest BCUT2D eigenvalue weighted by Gasteiger charge is -2.36. The van der Waals surface area contributed by atoms with Crippen molar-refractivity contribution < 1.29 is 9.53 Å². The molecular weight excluding hydrogens is 414 g/mol. The van der Waals surface area contributed by atoms with Crippen LogP contribution >= 0.6 is 0 Å². The number of hydrogen-bond acceptors (Lipinski definition) is 5. The van der Waals surface area contributed by atoms with Gasteiger partial charge in [-0.1, -0.05) is 13.3 Å². The molecule has 174 valence electrons. The van der Waals surface area contributed by atoms with Crippen molar-refractivity contribution in [1.29, 1.82) is 0 Å². The van der Waals surface area contributed by atoms with Crippen LogP contribution in [-0.4, -0.2) is 46.0 Å². The van der Waals surface area contributed by atoms with Crippen molar-refractivity contribution in [3.05, 3.63) is 47.0 Å². The zero-order valence-corrected chi connectivity index (χ0v) is 19.9. The average molecular weight is 448 g/mol. The summed E-state index contributed by atoms with van der Waals surface area (Å²) in [6, 6.07) is 6.35. The van der Waals surface area contributed by atoms with Crippen LogP contribution in [0.25, 0.3) is 10.9 Å². The van der Waals surface area contributed by atoms with Gasteiger partial charge in [0.1, 0.15) is 17.4 Å². The number of aromatic amines is 1. The molecule has 1 saturated heterocycles. The summed E-state index contributed by atoms with van der Waals surface area (Å²) < 4.78 is 5.37. The van der Waals surface area contributed by atoms with E-state index in [4.69, 9.17) is 14.7 Å². The second kappa shape index (κ2) is 9.14. The number of amides is 1. The Bertz CT molecular complexity index is 1170. The van der Waals surface area contributed by atoms with Crippen molar-refractivity contribution in [2.45, 2.75) is 65.0 Å². The lowest BCUT2D eigenvalue weighted by Crippen LogP contribution is -2.39. The number of H-pyrrole nitrogens is 1. The number of fused-ring (bicyclic) bond motifs is 2. The lowest BCUT2D eigenvalue weighted by molar-refractivity contribution is -0.119. The molecule has 7 nitrogen and oxygen atoms in total. The number of benzene rings is 1. The number of carbonyl (C=O) groups is 1. The monoisotopic (exact) mass is 447 g/mol. The molecule has 0 unspecified atom stereocenters. The predicted molar refractivity (Wildman–Crippen MR) is 130 cm³/mol. The van der Waals surface area contributed by atoms with Crippen molar-refractivity contribution >= 4 is 22.6 Å². The third kappa shape index (κ3) is 4.10. The van der Waals surface area contributed by atoms with Crippen molar-refractivity contribution in [3.8, 4) is 5.75 Å². The first kappa shape index (κ1) is 21.9. The normalized spacial score (nSPS) is 19.2. The van der Waals surface area contributed by atoms with E-state index in [1.165, 1.54) is 23.8 Å². The minimum atomic E-state index is 0.159. The highest BCUT2D eigenvalue weighted by Gasteiger charge is 2.32. The molecule has 1 aromatic carbocycles. The third-order valence-electron chi connectivity index (χ3n) is 7.06. The molecule has 0 bridgehead atoms. The van der Waals surface area contributed by atoms with E-state index in [9.17, 15) is 4.79 Å². The van der Waals surface area contributed by atoms with E-state index in [1.54, 1.807) is 7.11 Å². The fourth-order valence-electron chi connectivity index (χ4n) is 5.32. The molecule has 1 N–H and O–H groups in total. The van der Waals surface area contributed by atoms with Crippen LogP contribution in [0.5, 0.6) is 5.75 Å². The SMILES string of the molecule is CCCN1C(=O)CCc2c(C)nc([C@@H]3CCCCN3Cc3c[nH]c4cc(OC)ccc34)nc21. The van der Waals surface area contributed by atoms with Crippen molar-refractivity contribution in [3.63, 3.8) is 0 Å². The molecule has 0 spiro atoms. The van der Waals surface area contributed by atoms with Crippen LogP contribution in [0.2, 0.25) is 0 Å². The summed E-state index contributed by atoms with van der Waals surface area (Å²) in [7, 11) is 1.69. The van der Waals surface area contributed by atoms with Crippen LogP contribution in [-0.2, 0) is 17.8 Å². The highest BCUT2D eigenvalue weighted by molar-refractivity contribution is 5.95. The van der Waals surface area contributed by atoms with E-state index in [1.807, 2.05) is 17.0 Å². The molecule has 0 radical (unpaired) electrons. The number of rotatable bonds is 6. The molecule has 2 aliphatic rings. The van der Waals surface area contributed by atoms with E-state index in [0.29, 0.717) is 6.42 Å². The Morgan fingerprint density at radius 2 is 2.09 bits per heavy atom. The third-order valence-corrected chi connectivity index (χ3v) is 7.06. The molecule has 5 rings (SSSR count). The number of carbonyl (C=O) groups excluding carboxylic acids is 1. The van der Waals surface area contributed by atoms with Crippen LogP contribution < -0.4 is 9.64 Å². The number of piperidine rings is 1. The van der Waals surface area contributed by atoms with Gasteiger partial charge in [-0.2, -0.15) is 0 Å². The molecule has 0 saturated carbocycles. The van der Waals surface area contributed by atoms with Gasteiger partial charge in [-0.25, -0.2) is 9.97 Å². The van der Waals surface area contributed by atoms with Crippen LogP contribution in [0.15, 0.2) is 24.4 Å². The summed E-state index contributed by atoms with van der Waals surface area (Å²) in [5.74, 6) is 2.75. The number of ether oxygens (including phenoxy) is 1. The van der Waals surface area contributed by atoms with Gasteiger partial charge in [0.25, 0.3) is 0 Å². The molecule has 3 aromatic rings. The Morgan fingerprint density at radius 3 is 2.91 bits per heavy atom. The maximum atomic E-state index is 12.6. The first-order chi connectivity index (χ1) is 16.1. The molecule has 7 heteroatoms. The van der Waals surface area contributed by atoms with Crippen LogP contribution in [0, 0.1) is 6.92 Å². The fourth-order valence-corrected chi connectivity index (χ4v) is 5.32. The fraction of sp³-hybridized carbons (Fsp3) is 0.500. The quantitative estimate of drug-likeness (QED) is 0.593. The van der Waals surface area contributed by atoms with Gasteiger partial charge < -0.3 is 9.72 Å². The molecule has 33 heavy (non-hydrogen) atoms. The number of aryl methyl sites for hydroxylation is 1. The molecule has 4 heterocycles. The van der Waals surface area contributed by atoms with Gasteiger partial charge in [0.2, 0.25) is 5.91 Å². The first-order valence-electron chi connectivity index (χ1n) is 12.1. The van der Waals surface area contributed by atoms with E-state index in [0.717, 1.165) is 73.1 Å². The Morgan fingerprint density at radius 1 is 1.21 bits per heavy atom. The Labute approximate surface area is 195 Å². The van der Waals surface area contributed by atoms with Crippen molar-refractivity contribution in [2.24, 2.45) is 0 Å². The Hall–Kier alpha value is -2.93. The Balaban J connectivity index is 1.47. The number of methoxy groups -OCH3 is 1. The van der Waals surface area contributed by atoms with Gasteiger partial charge >= 0.3 is 0 Å². The van der Waals surface area contributed by atoms with Crippen LogP contribution in [0.1, 0.15) is 67.7 Å². The zero-order chi connectivity index (χ0) is 22.9. The van der Waals surface area contributed by atoms with Gasteiger partial charge in [-0.3, -0.25) is 14.6 Å². The average Bonchev–Trinajstić information content (AvgIpc) is 3.23. The molecule has 1 atom stereocenters. The standard InChI is InChI=1S/C26H33N5O2/c1-4-12-31-24(32)11-10-20-17(2)28-25(29-26(20)31)23-7-5-6-13-30(23)16-18-15-27-22-14-19(33-3)8-9-21(18)22/h8-9,14-15,23,27H,4-7,10-13,16H2,1-3H3/t23-/m0/s1. The Kier molecular flexibility index (Phi) is 6.06. The summed E-state index contributed by atoms with van der Waals surface area (Å²) in [6.45, 7) is 6.76. The molecule has 1 fully saturated rings. The largest absolute Gasteiger partial charge is 0.497 e. The van der Waals surface area contributed by atoms with Gasteiger partial charge in [-0.05, 0) is 56.8 Å². The van der Waals surface area contributed by atoms with Gasteiger partial charge in [0, 0.05) is 53.9 Å². The van der Waals surface area contributed by atoms with E-state index in [2.05, 4.69) is 36.0 Å². The number of aromatic nitrogens is 3. The minimum absolute atomic E-state index is 0.159. The minimum Gasteiger partial charge on any atom is -0.497 e. The maximum Gasteiger partial charge on any atom is 0.228 e. The van der Waals surface area contributed by atoms with Gasteiger partial charge in [0.05, 0.1) is 13.2 Å². The summed E-state index contributed by atoms with van der Waals surface area (Å²) >= 11 is 0. The van der Waals surface area contributed by atoms with Crippen molar-refractivity contribution in [2.75, 3.05) is 25.1 Å². The number of hydrogen-bond donors (Lipinski definition) is 1. The van der Waals surface area contributed by atoms with Crippen LogP contribution in [0.3, 0.4) is 0 Å². The topological polar surface area (TPSA) is 74.4 Å². The molecule has 1 amide bonds. The van der Waals surface area contributed by atoms with E-state index in [-0.39, 0.29) is 11.9 Å². The zero-order valence-electron chi connectivity index (χ0n) is 19.9. The van der Waals surface area contributed by atoms with E-state index >= 15 is 0 Å². The second-order valence-corrected chi connectivity index (χ2v) is 9.22. The van der Waals surface area contributed by atoms with Gasteiger partial charge in [0.15, 0.2) is 0 Å². The highest BCUT2D eigenvalue weighted by atomic mass is 16.5. The first-order valence-corrected chi connectivity index (χ1v) is 12.1. The molecule has 0 aliphatic carbocycles. The molecular formula is C26H33N5O2. The summed E-state index contributed by atoms with van der Waals surface area (Å²) in [5.41, 5.74) is 4.53. The number of anilines is 1. The highest BCUT2D eigenvalue weighted by Crippen LogP contribution is 2.35. The summed E-state index contributed by atoms with van der Waals surface area (Å²) in [5, 5.41) is 1.22. The summed E-state index contributed by atoms with van der Waals surface area (Å²) in [4.78, 5) is 30.4. The van der Waals surface area contributed by atoms with Crippen molar-refractivity contribution in [1.82, 2.24) is 19.9 Å². The lowest BCUT2D eigenvalue weighted by atomic mass is 9.98. The summed E-state index contributed by atoms with van der Waals surface area (Å²) in [6.07, 6.45) is 7.71. The number of likely N-dealkylation sites (tertiary alicyclic amines) is 1. The van der Waals surface area contributed by atoms with Crippen LogP contribution in [0.4, 0.5) is 5.82 Å². The van der Waals surface area contributed by atoms with Gasteiger partial charge in [-0.15, -0.1) is 0 Å². The molecule has 2 aliphatic heterocycles. The number of nitrogens with zero attached hydrogens (tertiary/aromatic N) is 4. The smallest absolute Gasteiger partial charge is 0.228 e. The number of nitrogens with one attached hydrogen (secondary N) is 1. The predicted octanol–water partition coefficient (Wildman–Crippen LogP) is 4.69. The molecule has 2 aromatic heterocycles.